The van der Waals surface area contributed by atoms with E-state index in [4.69, 9.17) is 9.47 Å². The van der Waals surface area contributed by atoms with Gasteiger partial charge >= 0.3 is 11.9 Å². The van der Waals surface area contributed by atoms with Gasteiger partial charge in [0.2, 0.25) is 0 Å². The molecule has 0 aromatic heterocycles. The summed E-state index contributed by atoms with van der Waals surface area (Å²) < 4.78 is 15.3. The van der Waals surface area contributed by atoms with Crippen LogP contribution in [0.5, 0.6) is 0 Å². The van der Waals surface area contributed by atoms with Gasteiger partial charge in [-0.15, -0.1) is 0 Å². The van der Waals surface area contributed by atoms with Crippen LogP contribution in [0.3, 0.4) is 0 Å². The summed E-state index contributed by atoms with van der Waals surface area (Å²) in [6, 6.07) is 0. The van der Waals surface area contributed by atoms with Crippen LogP contribution in [0, 0.1) is 11.8 Å². The zero-order valence-electron chi connectivity index (χ0n) is 8.14. The van der Waals surface area contributed by atoms with Gasteiger partial charge in [-0.1, -0.05) is 6.08 Å². The summed E-state index contributed by atoms with van der Waals surface area (Å²) in [6.45, 7) is 0.205. The maximum Gasteiger partial charge on any atom is 0.313 e. The molecule has 15 heavy (non-hydrogen) atoms. The predicted octanol–water partition coefficient (Wildman–Crippen LogP) is -0.344. The van der Waals surface area contributed by atoms with Crippen molar-refractivity contribution in [2.75, 3.05) is 13.7 Å². The van der Waals surface area contributed by atoms with Crippen LogP contribution < -0.4 is 0 Å². The quantitative estimate of drug-likeness (QED) is 0.437. The third-order valence-corrected chi connectivity index (χ3v) is 3.33. The molecule has 0 aromatic carbocycles. The molecule has 0 N–H and O–H groups in total. The number of hydrogen-bond acceptors (Lipinski definition) is 5. The van der Waals surface area contributed by atoms with E-state index in [1.54, 1.807) is 6.08 Å². The van der Waals surface area contributed by atoms with E-state index >= 15 is 0 Å². The molecule has 3 heterocycles. The van der Waals surface area contributed by atoms with E-state index in [-0.39, 0.29) is 18.7 Å². The molecule has 2 saturated heterocycles. The van der Waals surface area contributed by atoms with Crippen molar-refractivity contribution in [1.82, 2.24) is 0 Å². The fourth-order valence-corrected chi connectivity index (χ4v) is 2.65. The smallest absolute Gasteiger partial charge is 0.313 e. The number of hydrogen-bond donors (Lipinski definition) is 0. The highest BCUT2D eigenvalue weighted by Gasteiger charge is 2.66. The van der Waals surface area contributed by atoms with Crippen molar-refractivity contribution >= 4 is 11.9 Å². The van der Waals surface area contributed by atoms with Crippen LogP contribution in [0.25, 0.3) is 0 Å². The van der Waals surface area contributed by atoms with Crippen LogP contribution >= 0.6 is 0 Å². The van der Waals surface area contributed by atoms with Crippen molar-refractivity contribution < 1.29 is 23.8 Å². The summed E-state index contributed by atoms with van der Waals surface area (Å²) in [5.41, 5.74) is -0.708. The van der Waals surface area contributed by atoms with Crippen LogP contribution in [0.4, 0.5) is 0 Å². The average molecular weight is 210 g/mol. The minimum atomic E-state index is -0.708. The van der Waals surface area contributed by atoms with Crippen molar-refractivity contribution in [2.24, 2.45) is 11.8 Å². The summed E-state index contributed by atoms with van der Waals surface area (Å²) >= 11 is 0. The lowest BCUT2D eigenvalue weighted by atomic mass is 9.77. The second kappa shape index (κ2) is 2.61. The number of rotatable bonds is 1. The van der Waals surface area contributed by atoms with Gasteiger partial charge in [0.25, 0.3) is 0 Å². The van der Waals surface area contributed by atoms with Gasteiger partial charge in [-0.3, -0.25) is 9.59 Å². The molecule has 2 bridgehead atoms. The molecule has 0 saturated carbocycles. The van der Waals surface area contributed by atoms with E-state index < -0.39 is 23.4 Å². The maximum absolute atomic E-state index is 11.5. The standard InChI is InChI=1S/C10H10O5/c1-13-8(11)6-5-2-3-10(15-5)4-14-9(12)7(6)10/h2-3,5-7H,4H2,1H3/t5-,6-,7+,10-/m1/s1. The first-order valence-electron chi connectivity index (χ1n) is 4.79. The Kier molecular flexibility index (Phi) is 1.55. The summed E-state index contributed by atoms with van der Waals surface area (Å²) in [4.78, 5) is 23.1. The van der Waals surface area contributed by atoms with Gasteiger partial charge in [-0.2, -0.15) is 0 Å². The number of esters is 2. The molecular weight excluding hydrogens is 200 g/mol. The van der Waals surface area contributed by atoms with Crippen LogP contribution in [0.15, 0.2) is 12.2 Å². The Morgan fingerprint density at radius 1 is 1.67 bits per heavy atom. The lowest BCUT2D eigenvalue weighted by Crippen LogP contribution is -2.39. The lowest BCUT2D eigenvalue weighted by Gasteiger charge is -2.20. The molecule has 3 aliphatic rings. The molecule has 3 aliphatic heterocycles. The average Bonchev–Trinajstić information content (AvgIpc) is 2.88. The first-order chi connectivity index (χ1) is 7.18. The lowest BCUT2D eigenvalue weighted by molar-refractivity contribution is -0.154. The van der Waals surface area contributed by atoms with Gasteiger partial charge in [-0.25, -0.2) is 0 Å². The van der Waals surface area contributed by atoms with Crippen LogP contribution in [-0.2, 0) is 23.8 Å². The minimum Gasteiger partial charge on any atom is -0.469 e. The zero-order chi connectivity index (χ0) is 10.6. The summed E-state index contributed by atoms with van der Waals surface area (Å²) in [6.07, 6.45) is 3.29. The number of carbonyl (C=O) groups excluding carboxylic acids is 2. The molecule has 3 rings (SSSR count). The van der Waals surface area contributed by atoms with Gasteiger partial charge in [0, 0.05) is 0 Å². The molecule has 0 radical (unpaired) electrons. The summed E-state index contributed by atoms with van der Waals surface area (Å²) in [5, 5.41) is 0. The SMILES string of the molecule is COC(=O)[C@H]1[C@H]2C(=O)OC[C@]23C=C[C@H]1O3. The molecule has 4 atom stereocenters. The zero-order valence-corrected chi connectivity index (χ0v) is 8.14. The van der Waals surface area contributed by atoms with Crippen LogP contribution in [0.2, 0.25) is 0 Å². The van der Waals surface area contributed by atoms with E-state index in [9.17, 15) is 9.59 Å². The molecule has 0 unspecified atom stereocenters. The number of methoxy groups -OCH3 is 1. The maximum atomic E-state index is 11.5. The Labute approximate surface area is 86.0 Å². The van der Waals surface area contributed by atoms with Crippen molar-refractivity contribution in [3.8, 4) is 0 Å². The minimum absolute atomic E-state index is 0.205. The molecule has 5 heteroatoms. The van der Waals surface area contributed by atoms with Crippen molar-refractivity contribution in [1.29, 1.82) is 0 Å². The highest BCUT2D eigenvalue weighted by atomic mass is 16.6. The Bertz CT molecular complexity index is 374. The molecule has 80 valence electrons. The van der Waals surface area contributed by atoms with Crippen molar-refractivity contribution in [3.05, 3.63) is 12.2 Å². The number of cyclic esters (lactones) is 1. The number of ether oxygens (including phenoxy) is 3. The normalized spacial score (nSPS) is 45.4. The second-order valence-electron chi connectivity index (χ2n) is 4.03. The molecule has 0 aromatic rings. The highest BCUT2D eigenvalue weighted by Crippen LogP contribution is 2.51. The fraction of sp³-hybridized carbons (Fsp3) is 0.600. The number of carbonyl (C=O) groups is 2. The second-order valence-corrected chi connectivity index (χ2v) is 4.03. The Balaban J connectivity index is 2.02. The summed E-state index contributed by atoms with van der Waals surface area (Å²) in [5.74, 6) is -1.85. The monoisotopic (exact) mass is 210 g/mol. The van der Waals surface area contributed by atoms with Crippen molar-refractivity contribution in [3.63, 3.8) is 0 Å². The third kappa shape index (κ3) is 0.911. The topological polar surface area (TPSA) is 61.8 Å². The number of fused-ring (bicyclic) bond motifs is 1. The summed E-state index contributed by atoms with van der Waals surface area (Å²) in [7, 11) is 1.31. The first-order valence-corrected chi connectivity index (χ1v) is 4.79. The van der Waals surface area contributed by atoms with Crippen LogP contribution in [-0.4, -0.2) is 37.4 Å². The largest absolute Gasteiger partial charge is 0.469 e. The third-order valence-electron chi connectivity index (χ3n) is 3.33. The van der Waals surface area contributed by atoms with Gasteiger partial charge in [0.05, 0.1) is 13.2 Å². The molecule has 1 spiro atoms. The molecule has 5 nitrogen and oxygen atoms in total. The van der Waals surface area contributed by atoms with E-state index in [0.717, 1.165) is 0 Å². The van der Waals surface area contributed by atoms with E-state index in [2.05, 4.69) is 4.74 Å². The molecule has 2 fully saturated rings. The van der Waals surface area contributed by atoms with Gasteiger partial charge in [-0.05, 0) is 6.08 Å². The van der Waals surface area contributed by atoms with E-state index in [1.165, 1.54) is 7.11 Å². The Morgan fingerprint density at radius 2 is 2.47 bits per heavy atom. The van der Waals surface area contributed by atoms with E-state index in [1.807, 2.05) is 6.08 Å². The molecular formula is C10H10O5. The van der Waals surface area contributed by atoms with E-state index in [0.29, 0.717) is 0 Å². The van der Waals surface area contributed by atoms with Gasteiger partial charge < -0.3 is 14.2 Å². The predicted molar refractivity (Wildman–Crippen MR) is 46.7 cm³/mol. The molecule has 0 aliphatic carbocycles. The van der Waals surface area contributed by atoms with Gasteiger partial charge in [0.1, 0.15) is 24.0 Å². The Hall–Kier alpha value is -1.36. The van der Waals surface area contributed by atoms with Gasteiger partial charge in [0.15, 0.2) is 0 Å². The highest BCUT2D eigenvalue weighted by molar-refractivity contribution is 5.87. The first kappa shape index (κ1) is 8.91. The Morgan fingerprint density at radius 3 is 3.20 bits per heavy atom. The fourth-order valence-electron chi connectivity index (χ4n) is 2.65. The molecule has 0 amide bonds. The van der Waals surface area contributed by atoms with Crippen LogP contribution in [0.1, 0.15) is 0 Å². The van der Waals surface area contributed by atoms with Crippen molar-refractivity contribution in [2.45, 2.75) is 11.7 Å².